The van der Waals surface area contributed by atoms with E-state index in [-0.39, 0.29) is 0 Å². The number of hydrogen-bond donors (Lipinski definition) is 1. The molecule has 0 aliphatic carbocycles. The summed E-state index contributed by atoms with van der Waals surface area (Å²) in [5.74, 6) is 1.61. The standard InChI is InChI=1S/C17H15ClN2O/c1-21-15-10-9-12-5-2-3-6-13(12)14(15)11-19-17-8-4-7-16(18)20-17/h2-10H,11H2,1H3,(H,19,20). The van der Waals surface area contributed by atoms with Crippen molar-refractivity contribution in [2.45, 2.75) is 6.54 Å². The minimum Gasteiger partial charge on any atom is -0.496 e. The maximum Gasteiger partial charge on any atom is 0.131 e. The second-order valence-electron chi connectivity index (χ2n) is 4.67. The van der Waals surface area contributed by atoms with Gasteiger partial charge in [-0.15, -0.1) is 0 Å². The SMILES string of the molecule is COc1ccc2ccccc2c1CNc1cccc(Cl)n1. The molecule has 0 fully saturated rings. The predicted octanol–water partition coefficient (Wildman–Crippen LogP) is 4.51. The highest BCUT2D eigenvalue weighted by Crippen LogP contribution is 2.28. The van der Waals surface area contributed by atoms with Crippen LogP contribution in [0.15, 0.2) is 54.6 Å². The van der Waals surface area contributed by atoms with Gasteiger partial charge in [-0.3, -0.25) is 0 Å². The number of anilines is 1. The lowest BCUT2D eigenvalue weighted by atomic mass is 10.0. The average molecular weight is 299 g/mol. The Morgan fingerprint density at radius 2 is 1.90 bits per heavy atom. The van der Waals surface area contributed by atoms with Crippen LogP contribution in [0.4, 0.5) is 5.82 Å². The second-order valence-corrected chi connectivity index (χ2v) is 5.05. The number of halogens is 1. The third-order valence-electron chi connectivity index (χ3n) is 3.38. The highest BCUT2D eigenvalue weighted by molar-refractivity contribution is 6.29. The van der Waals surface area contributed by atoms with Crippen molar-refractivity contribution in [3.05, 3.63) is 65.3 Å². The highest BCUT2D eigenvalue weighted by Gasteiger charge is 2.08. The van der Waals surface area contributed by atoms with Crippen LogP contribution in [0.25, 0.3) is 10.8 Å². The van der Waals surface area contributed by atoms with Gasteiger partial charge >= 0.3 is 0 Å². The summed E-state index contributed by atoms with van der Waals surface area (Å²) in [6.07, 6.45) is 0. The van der Waals surface area contributed by atoms with E-state index < -0.39 is 0 Å². The lowest BCUT2D eigenvalue weighted by Gasteiger charge is -2.13. The number of hydrogen-bond acceptors (Lipinski definition) is 3. The zero-order chi connectivity index (χ0) is 14.7. The number of nitrogens with zero attached hydrogens (tertiary/aromatic N) is 1. The quantitative estimate of drug-likeness (QED) is 0.720. The summed E-state index contributed by atoms with van der Waals surface area (Å²) in [5.41, 5.74) is 1.11. The first-order valence-corrected chi connectivity index (χ1v) is 7.07. The third-order valence-corrected chi connectivity index (χ3v) is 3.59. The molecular formula is C17H15ClN2O. The Bertz CT molecular complexity index is 774. The number of aromatic nitrogens is 1. The van der Waals surface area contributed by atoms with Crippen LogP contribution in [0.3, 0.4) is 0 Å². The lowest BCUT2D eigenvalue weighted by Crippen LogP contribution is -2.04. The van der Waals surface area contributed by atoms with E-state index in [9.17, 15) is 0 Å². The molecule has 0 amide bonds. The van der Waals surface area contributed by atoms with Gasteiger partial charge in [0.25, 0.3) is 0 Å². The molecule has 2 aromatic carbocycles. The Morgan fingerprint density at radius 1 is 1.05 bits per heavy atom. The molecule has 0 bridgehead atoms. The maximum atomic E-state index is 5.90. The number of nitrogens with one attached hydrogen (secondary N) is 1. The van der Waals surface area contributed by atoms with Gasteiger partial charge in [0, 0.05) is 12.1 Å². The molecule has 1 aromatic heterocycles. The van der Waals surface area contributed by atoms with Gasteiger partial charge in [-0.25, -0.2) is 4.98 Å². The second kappa shape index (κ2) is 6.02. The van der Waals surface area contributed by atoms with E-state index in [4.69, 9.17) is 16.3 Å². The van der Waals surface area contributed by atoms with Crippen LogP contribution in [-0.2, 0) is 6.54 Å². The third kappa shape index (κ3) is 2.93. The Labute approximate surface area is 128 Å². The van der Waals surface area contributed by atoms with Crippen LogP contribution in [0, 0.1) is 0 Å². The van der Waals surface area contributed by atoms with Gasteiger partial charge in [0.15, 0.2) is 0 Å². The van der Waals surface area contributed by atoms with Gasteiger partial charge in [0.2, 0.25) is 0 Å². The molecule has 3 rings (SSSR count). The van der Waals surface area contributed by atoms with E-state index in [0.29, 0.717) is 11.7 Å². The largest absolute Gasteiger partial charge is 0.496 e. The van der Waals surface area contributed by atoms with E-state index in [2.05, 4.69) is 28.5 Å². The minimum absolute atomic E-state index is 0.477. The normalized spacial score (nSPS) is 10.6. The van der Waals surface area contributed by atoms with Gasteiger partial charge in [-0.2, -0.15) is 0 Å². The smallest absolute Gasteiger partial charge is 0.131 e. The molecule has 0 saturated carbocycles. The van der Waals surface area contributed by atoms with Crippen molar-refractivity contribution in [2.75, 3.05) is 12.4 Å². The van der Waals surface area contributed by atoms with Crippen LogP contribution < -0.4 is 10.1 Å². The average Bonchev–Trinajstić information content (AvgIpc) is 2.52. The summed E-state index contributed by atoms with van der Waals surface area (Å²) in [6, 6.07) is 17.8. The molecule has 106 valence electrons. The van der Waals surface area contributed by atoms with Crippen LogP contribution >= 0.6 is 11.6 Å². The molecular weight excluding hydrogens is 284 g/mol. The van der Waals surface area contributed by atoms with E-state index >= 15 is 0 Å². The fraction of sp³-hybridized carbons (Fsp3) is 0.118. The summed E-state index contributed by atoms with van der Waals surface area (Å²) in [7, 11) is 1.69. The van der Waals surface area contributed by atoms with Gasteiger partial charge in [-0.05, 0) is 29.0 Å². The van der Waals surface area contributed by atoms with Crippen molar-refractivity contribution < 1.29 is 4.74 Å². The summed E-state index contributed by atoms with van der Waals surface area (Å²) >= 11 is 5.90. The number of pyridine rings is 1. The molecule has 1 N–H and O–H groups in total. The van der Waals surface area contributed by atoms with Crippen LogP contribution in [0.1, 0.15) is 5.56 Å². The topological polar surface area (TPSA) is 34.1 Å². The molecule has 4 heteroatoms. The lowest BCUT2D eigenvalue weighted by molar-refractivity contribution is 0.411. The van der Waals surface area contributed by atoms with Crippen LogP contribution in [-0.4, -0.2) is 12.1 Å². The number of benzene rings is 2. The molecule has 0 saturated heterocycles. The first kappa shape index (κ1) is 13.7. The number of rotatable bonds is 4. The summed E-state index contributed by atoms with van der Waals surface area (Å²) in [4.78, 5) is 4.24. The molecule has 0 aliphatic heterocycles. The molecule has 3 nitrogen and oxygen atoms in total. The van der Waals surface area contributed by atoms with E-state index in [1.54, 1.807) is 13.2 Å². The van der Waals surface area contributed by atoms with Gasteiger partial charge < -0.3 is 10.1 Å². The first-order valence-electron chi connectivity index (χ1n) is 6.69. The van der Waals surface area contributed by atoms with Gasteiger partial charge in [-0.1, -0.05) is 48.0 Å². The summed E-state index contributed by atoms with van der Waals surface area (Å²) in [6.45, 7) is 0.623. The van der Waals surface area contributed by atoms with Crippen molar-refractivity contribution in [3.8, 4) is 5.75 Å². The van der Waals surface area contributed by atoms with E-state index in [1.807, 2.05) is 30.3 Å². The Balaban J connectivity index is 1.95. The van der Waals surface area contributed by atoms with Crippen molar-refractivity contribution >= 4 is 28.2 Å². The molecule has 0 atom stereocenters. The molecule has 0 radical (unpaired) electrons. The van der Waals surface area contributed by atoms with Gasteiger partial charge in [0.05, 0.1) is 7.11 Å². The first-order chi connectivity index (χ1) is 10.3. The van der Waals surface area contributed by atoms with Crippen LogP contribution in [0.2, 0.25) is 5.15 Å². The summed E-state index contributed by atoms with van der Waals surface area (Å²) < 4.78 is 5.48. The minimum atomic E-state index is 0.477. The predicted molar refractivity (Wildman–Crippen MR) is 87.1 cm³/mol. The number of fused-ring (bicyclic) bond motifs is 1. The van der Waals surface area contributed by atoms with E-state index in [1.165, 1.54) is 10.8 Å². The van der Waals surface area contributed by atoms with Crippen molar-refractivity contribution in [3.63, 3.8) is 0 Å². The van der Waals surface area contributed by atoms with Crippen molar-refractivity contribution in [1.82, 2.24) is 4.98 Å². The Kier molecular flexibility index (Phi) is 3.93. The van der Waals surface area contributed by atoms with Crippen molar-refractivity contribution in [2.24, 2.45) is 0 Å². The zero-order valence-electron chi connectivity index (χ0n) is 11.6. The Morgan fingerprint density at radius 3 is 2.71 bits per heavy atom. The number of ether oxygens (including phenoxy) is 1. The fourth-order valence-corrected chi connectivity index (χ4v) is 2.54. The van der Waals surface area contributed by atoms with Gasteiger partial charge in [0.1, 0.15) is 16.7 Å². The fourth-order valence-electron chi connectivity index (χ4n) is 2.38. The maximum absolute atomic E-state index is 5.90. The van der Waals surface area contributed by atoms with E-state index in [0.717, 1.165) is 17.1 Å². The molecule has 0 spiro atoms. The van der Waals surface area contributed by atoms with Crippen molar-refractivity contribution in [1.29, 1.82) is 0 Å². The Hall–Kier alpha value is -2.26. The molecule has 0 aliphatic rings. The molecule has 21 heavy (non-hydrogen) atoms. The highest BCUT2D eigenvalue weighted by atomic mass is 35.5. The van der Waals surface area contributed by atoms with Crippen LogP contribution in [0.5, 0.6) is 5.75 Å². The molecule has 3 aromatic rings. The monoisotopic (exact) mass is 298 g/mol. The number of methoxy groups -OCH3 is 1. The zero-order valence-corrected chi connectivity index (χ0v) is 12.4. The molecule has 1 heterocycles. The molecule has 0 unspecified atom stereocenters. The summed E-state index contributed by atoms with van der Waals surface area (Å²) in [5, 5.41) is 6.13.